The van der Waals surface area contributed by atoms with Crippen LogP contribution in [0.25, 0.3) is 10.9 Å². The summed E-state index contributed by atoms with van der Waals surface area (Å²) in [6, 6.07) is 5.38. The van der Waals surface area contributed by atoms with E-state index in [0.29, 0.717) is 49.9 Å². The monoisotopic (exact) mass is 439 g/mol. The first-order valence-corrected chi connectivity index (χ1v) is 12.2. The molecular formula is C22H25N5O3S. The Morgan fingerprint density at radius 1 is 1.06 bits per heavy atom. The number of piperazine rings is 1. The normalized spacial score (nSPS) is 17.8. The lowest BCUT2D eigenvalue weighted by atomic mass is 9.94. The van der Waals surface area contributed by atoms with Crippen LogP contribution in [-0.4, -0.2) is 59.6 Å². The highest BCUT2D eigenvalue weighted by atomic mass is 32.2. The molecule has 2 aliphatic rings. The van der Waals surface area contributed by atoms with E-state index in [1.807, 2.05) is 17.9 Å². The van der Waals surface area contributed by atoms with E-state index in [2.05, 4.69) is 15.0 Å². The Hall–Kier alpha value is -2.78. The predicted octanol–water partition coefficient (Wildman–Crippen LogP) is 2.55. The van der Waals surface area contributed by atoms with Crippen molar-refractivity contribution in [1.29, 1.82) is 0 Å². The van der Waals surface area contributed by atoms with Crippen molar-refractivity contribution >= 4 is 32.7 Å². The highest BCUT2D eigenvalue weighted by Crippen LogP contribution is 2.33. The number of aromatic amines is 1. The number of hydrogen-bond donors (Lipinski definition) is 1. The second kappa shape index (κ2) is 7.72. The van der Waals surface area contributed by atoms with E-state index in [-0.39, 0.29) is 5.78 Å². The summed E-state index contributed by atoms with van der Waals surface area (Å²) in [7, 11) is -3.66. The van der Waals surface area contributed by atoms with Gasteiger partial charge in [0.2, 0.25) is 16.0 Å². The smallest absolute Gasteiger partial charge is 0.243 e. The largest absolute Gasteiger partial charge is 0.358 e. The van der Waals surface area contributed by atoms with Gasteiger partial charge in [0.25, 0.3) is 0 Å². The topological polar surface area (TPSA) is 99.3 Å². The second-order valence-corrected chi connectivity index (χ2v) is 9.96. The minimum Gasteiger partial charge on any atom is -0.358 e. The van der Waals surface area contributed by atoms with E-state index in [1.165, 1.54) is 0 Å². The Labute approximate surface area is 181 Å². The minimum atomic E-state index is -3.66. The molecule has 3 aromatic rings. The summed E-state index contributed by atoms with van der Waals surface area (Å²) in [6.45, 7) is 3.78. The number of fused-ring (bicyclic) bond motifs is 3. The molecule has 1 saturated heterocycles. The summed E-state index contributed by atoms with van der Waals surface area (Å²) >= 11 is 0. The zero-order valence-electron chi connectivity index (χ0n) is 17.5. The number of sulfonamides is 1. The number of Topliss-reactive ketones (excluding diaryl/α,β-unsaturated/α-hetero) is 1. The van der Waals surface area contributed by atoms with Gasteiger partial charge in [-0.25, -0.2) is 18.4 Å². The SMILES string of the molecule is CCc1cc2c3c([nH]c2cc1S(=O)(=O)N1CCN(c2ncccn2)CC1)CCCC3=O. The van der Waals surface area contributed by atoms with Gasteiger partial charge in [0.1, 0.15) is 0 Å². The lowest BCUT2D eigenvalue weighted by Crippen LogP contribution is -2.49. The fourth-order valence-corrected chi connectivity index (χ4v) is 6.34. The molecule has 5 rings (SSSR count). The van der Waals surface area contributed by atoms with Gasteiger partial charge < -0.3 is 9.88 Å². The van der Waals surface area contributed by atoms with Gasteiger partial charge in [0, 0.05) is 67.2 Å². The highest BCUT2D eigenvalue weighted by molar-refractivity contribution is 7.89. The molecular weight excluding hydrogens is 414 g/mol. The minimum absolute atomic E-state index is 0.143. The number of aromatic nitrogens is 3. The van der Waals surface area contributed by atoms with Crippen LogP contribution >= 0.6 is 0 Å². The molecule has 1 aliphatic carbocycles. The fraction of sp³-hybridized carbons (Fsp3) is 0.409. The Balaban J connectivity index is 1.47. The number of nitrogens with zero attached hydrogens (tertiary/aromatic N) is 4. The number of nitrogens with one attached hydrogen (secondary N) is 1. The van der Waals surface area contributed by atoms with Crippen molar-refractivity contribution in [3.8, 4) is 0 Å². The lowest BCUT2D eigenvalue weighted by Gasteiger charge is -2.34. The molecule has 0 atom stereocenters. The fourth-order valence-electron chi connectivity index (χ4n) is 4.62. The lowest BCUT2D eigenvalue weighted by molar-refractivity contribution is 0.0974. The van der Waals surface area contributed by atoms with E-state index in [1.54, 1.807) is 28.8 Å². The number of carbonyl (C=O) groups is 1. The number of benzene rings is 1. The second-order valence-electron chi connectivity index (χ2n) is 8.05. The van der Waals surface area contributed by atoms with Crippen molar-refractivity contribution in [2.24, 2.45) is 0 Å². The molecule has 2 aromatic heterocycles. The Bertz CT molecular complexity index is 1250. The Morgan fingerprint density at radius 2 is 1.81 bits per heavy atom. The van der Waals surface area contributed by atoms with Gasteiger partial charge >= 0.3 is 0 Å². The molecule has 9 heteroatoms. The maximum absolute atomic E-state index is 13.6. The van der Waals surface area contributed by atoms with Crippen molar-refractivity contribution in [1.82, 2.24) is 19.3 Å². The number of ketones is 1. The van der Waals surface area contributed by atoms with Crippen LogP contribution in [0.2, 0.25) is 0 Å². The van der Waals surface area contributed by atoms with Crippen molar-refractivity contribution in [3.05, 3.63) is 47.4 Å². The molecule has 0 bridgehead atoms. The molecule has 0 spiro atoms. The summed E-state index contributed by atoms with van der Waals surface area (Å²) in [5, 5.41) is 0.849. The summed E-state index contributed by atoms with van der Waals surface area (Å²) in [5.41, 5.74) is 3.16. The Kier molecular flexibility index (Phi) is 5.02. The molecule has 0 unspecified atom stereocenters. The van der Waals surface area contributed by atoms with Crippen LogP contribution in [0.5, 0.6) is 0 Å². The summed E-state index contributed by atoms with van der Waals surface area (Å²) in [6.07, 6.45) is 6.17. The Morgan fingerprint density at radius 3 is 2.52 bits per heavy atom. The molecule has 8 nitrogen and oxygen atoms in total. The van der Waals surface area contributed by atoms with Crippen LogP contribution < -0.4 is 4.90 Å². The number of anilines is 1. The number of hydrogen-bond acceptors (Lipinski definition) is 6. The first-order valence-electron chi connectivity index (χ1n) is 10.7. The molecule has 1 aliphatic heterocycles. The number of H-pyrrole nitrogens is 1. The van der Waals surface area contributed by atoms with E-state index in [0.717, 1.165) is 40.6 Å². The van der Waals surface area contributed by atoms with Crippen LogP contribution in [0.4, 0.5) is 5.95 Å². The molecule has 1 fully saturated rings. The van der Waals surface area contributed by atoms with Crippen molar-refractivity contribution in [3.63, 3.8) is 0 Å². The average molecular weight is 440 g/mol. The van der Waals surface area contributed by atoms with Crippen LogP contribution in [0.3, 0.4) is 0 Å². The van der Waals surface area contributed by atoms with Crippen LogP contribution in [0.15, 0.2) is 35.5 Å². The van der Waals surface area contributed by atoms with Gasteiger partial charge in [-0.2, -0.15) is 4.31 Å². The third-order valence-electron chi connectivity index (χ3n) is 6.24. The molecule has 3 heterocycles. The molecule has 31 heavy (non-hydrogen) atoms. The van der Waals surface area contributed by atoms with Crippen molar-refractivity contribution < 1.29 is 13.2 Å². The van der Waals surface area contributed by atoms with Crippen LogP contribution in [0, 0.1) is 0 Å². The summed E-state index contributed by atoms with van der Waals surface area (Å²) < 4.78 is 28.7. The van der Waals surface area contributed by atoms with E-state index < -0.39 is 10.0 Å². The van der Waals surface area contributed by atoms with Gasteiger partial charge in [0.15, 0.2) is 5.78 Å². The average Bonchev–Trinajstić information content (AvgIpc) is 3.17. The standard InChI is InChI=1S/C22H25N5O3S/c1-2-15-13-16-18(25-17-5-3-6-19(28)21(16)17)14-20(15)31(29,30)27-11-9-26(10-12-27)22-23-7-4-8-24-22/h4,7-8,13-14,25H,2-3,5-6,9-12H2,1H3. The van der Waals surface area contributed by atoms with Gasteiger partial charge in [-0.1, -0.05) is 6.92 Å². The van der Waals surface area contributed by atoms with E-state index in [4.69, 9.17) is 0 Å². The van der Waals surface area contributed by atoms with Crippen LogP contribution in [-0.2, 0) is 22.9 Å². The van der Waals surface area contributed by atoms with E-state index in [9.17, 15) is 13.2 Å². The number of aryl methyl sites for hydroxylation is 2. The van der Waals surface area contributed by atoms with Crippen LogP contribution in [0.1, 0.15) is 41.4 Å². The molecule has 0 saturated carbocycles. The zero-order chi connectivity index (χ0) is 21.6. The summed E-state index contributed by atoms with van der Waals surface area (Å²) in [5.74, 6) is 0.765. The van der Waals surface area contributed by atoms with Gasteiger partial charge in [-0.3, -0.25) is 4.79 Å². The first-order chi connectivity index (χ1) is 15.0. The predicted molar refractivity (Wildman–Crippen MR) is 118 cm³/mol. The third kappa shape index (κ3) is 3.41. The molecule has 0 amide bonds. The first kappa shape index (κ1) is 20.1. The van der Waals surface area contributed by atoms with E-state index >= 15 is 0 Å². The zero-order valence-corrected chi connectivity index (χ0v) is 18.3. The molecule has 0 radical (unpaired) electrons. The molecule has 162 valence electrons. The quantitative estimate of drug-likeness (QED) is 0.671. The van der Waals surface area contributed by atoms with Crippen molar-refractivity contribution in [2.45, 2.75) is 37.5 Å². The number of rotatable bonds is 4. The maximum Gasteiger partial charge on any atom is 0.243 e. The number of carbonyl (C=O) groups excluding carboxylic acids is 1. The maximum atomic E-state index is 13.6. The molecule has 1 N–H and O–H groups in total. The third-order valence-corrected chi connectivity index (χ3v) is 8.22. The van der Waals surface area contributed by atoms with Crippen molar-refractivity contribution in [2.75, 3.05) is 31.1 Å². The highest BCUT2D eigenvalue weighted by Gasteiger charge is 2.32. The molecule has 1 aromatic carbocycles. The van der Waals surface area contributed by atoms with Gasteiger partial charge in [-0.15, -0.1) is 0 Å². The summed E-state index contributed by atoms with van der Waals surface area (Å²) in [4.78, 5) is 26.6. The van der Waals surface area contributed by atoms with Gasteiger partial charge in [-0.05, 0) is 43.0 Å². The van der Waals surface area contributed by atoms with Gasteiger partial charge in [0.05, 0.1) is 4.90 Å².